The second-order valence-corrected chi connectivity index (χ2v) is 14.3. The fraction of sp³-hybridized carbons (Fsp3) is 0.605. The van der Waals surface area contributed by atoms with Crippen molar-refractivity contribution in [2.75, 3.05) is 5.75 Å². The van der Waals surface area contributed by atoms with Gasteiger partial charge in [0.2, 0.25) is 5.91 Å². The van der Waals surface area contributed by atoms with Crippen molar-refractivity contribution in [3.8, 4) is 0 Å². The predicted octanol–water partition coefficient (Wildman–Crippen LogP) is 11.4. The highest BCUT2D eigenvalue weighted by Gasteiger charge is 2.24. The number of unbranched alkanes of at least 4 members (excludes halogenated alkanes) is 11. The average molecular weight is 714 g/mol. The first kappa shape index (κ1) is 47.3. The summed E-state index contributed by atoms with van der Waals surface area (Å²) in [6.45, 7) is 4.39. The molecule has 0 aliphatic rings. The Morgan fingerprint density at radius 2 is 0.980 bits per heavy atom. The van der Waals surface area contributed by atoms with Gasteiger partial charge in [0.25, 0.3) is 10.1 Å². The van der Waals surface area contributed by atoms with Crippen molar-refractivity contribution in [3.63, 3.8) is 0 Å². The van der Waals surface area contributed by atoms with Crippen molar-refractivity contribution in [1.82, 2.24) is 5.32 Å². The van der Waals surface area contributed by atoms with Crippen LogP contribution in [0.4, 0.5) is 0 Å². The summed E-state index contributed by atoms with van der Waals surface area (Å²) in [5.41, 5.74) is 0. The Bertz CT molecular complexity index is 1140. The molecule has 0 saturated carbocycles. The van der Waals surface area contributed by atoms with Gasteiger partial charge in [0, 0.05) is 6.42 Å². The molecule has 2 unspecified atom stereocenters. The van der Waals surface area contributed by atoms with Crippen LogP contribution in [-0.2, 0) is 14.9 Å². The van der Waals surface area contributed by atoms with Gasteiger partial charge in [0.15, 0.2) is 0 Å². The van der Waals surface area contributed by atoms with Gasteiger partial charge in [-0.25, -0.2) is 0 Å². The van der Waals surface area contributed by atoms with E-state index < -0.39 is 28.0 Å². The van der Waals surface area contributed by atoms with Crippen LogP contribution in [0.5, 0.6) is 0 Å². The number of amides is 1. The third-order valence-corrected chi connectivity index (χ3v) is 8.79. The second-order valence-electron chi connectivity index (χ2n) is 12.8. The molecule has 0 fully saturated rings. The molecule has 3 N–H and O–H groups in total. The molecule has 0 spiro atoms. The van der Waals surface area contributed by atoms with Gasteiger partial charge < -0.3 is 10.4 Å². The zero-order valence-corrected chi connectivity index (χ0v) is 32.3. The smallest absolute Gasteiger partial charge is 0.267 e. The summed E-state index contributed by atoms with van der Waals surface area (Å²) in [5, 5.41) is 13.1. The molecule has 0 heterocycles. The molecule has 0 radical (unpaired) electrons. The molecule has 0 aliphatic heterocycles. The van der Waals surface area contributed by atoms with Gasteiger partial charge >= 0.3 is 0 Å². The van der Waals surface area contributed by atoms with Gasteiger partial charge in [-0.2, -0.15) is 8.42 Å². The fourth-order valence-electron chi connectivity index (χ4n) is 5.13. The minimum atomic E-state index is -4.38. The number of rotatable bonds is 33. The Labute approximate surface area is 307 Å². The maximum Gasteiger partial charge on any atom is 0.267 e. The minimum Gasteiger partial charge on any atom is -0.387 e. The van der Waals surface area contributed by atoms with Gasteiger partial charge in [-0.15, -0.1) is 0 Å². The summed E-state index contributed by atoms with van der Waals surface area (Å²) in [7, 11) is -4.38. The first-order valence-electron chi connectivity index (χ1n) is 19.4. The van der Waals surface area contributed by atoms with Gasteiger partial charge in [-0.05, 0) is 70.6 Å². The van der Waals surface area contributed by atoms with Crippen molar-refractivity contribution in [1.29, 1.82) is 0 Å². The van der Waals surface area contributed by atoms with Crippen molar-refractivity contribution >= 4 is 16.0 Å². The van der Waals surface area contributed by atoms with E-state index in [9.17, 15) is 22.9 Å². The van der Waals surface area contributed by atoms with Gasteiger partial charge in [-0.3, -0.25) is 9.35 Å². The Kier molecular flexibility index (Phi) is 34.1. The summed E-state index contributed by atoms with van der Waals surface area (Å²) in [6, 6.07) is -1.12. The van der Waals surface area contributed by atoms with Crippen molar-refractivity contribution < 1.29 is 22.9 Å². The number of hydrogen-bond acceptors (Lipinski definition) is 4. The number of carbonyl (C=O) groups excluding carboxylic acids is 1. The lowest BCUT2D eigenvalue weighted by Crippen LogP contribution is -2.46. The van der Waals surface area contributed by atoms with E-state index >= 15 is 0 Å². The molecule has 7 heteroatoms. The monoisotopic (exact) mass is 714 g/mol. The van der Waals surface area contributed by atoms with E-state index in [2.05, 4.69) is 92.1 Å². The molecular weight excluding hydrogens is 643 g/mol. The highest BCUT2D eigenvalue weighted by atomic mass is 32.2. The van der Waals surface area contributed by atoms with Crippen LogP contribution in [0.2, 0.25) is 0 Å². The number of aliphatic hydroxyl groups is 1. The summed E-state index contributed by atoms with van der Waals surface area (Å²) < 4.78 is 32.4. The second kappa shape index (κ2) is 36.1. The molecule has 0 saturated heterocycles. The lowest BCUT2D eigenvalue weighted by molar-refractivity contribution is -0.122. The van der Waals surface area contributed by atoms with Gasteiger partial charge in [0.05, 0.1) is 17.9 Å². The van der Waals surface area contributed by atoms with E-state index in [1.165, 1.54) is 70.3 Å². The molecule has 6 nitrogen and oxygen atoms in total. The molecule has 0 aromatic rings. The molecule has 0 aliphatic carbocycles. The number of hydrogen-bond donors (Lipinski definition) is 3. The van der Waals surface area contributed by atoms with Crippen LogP contribution in [0.15, 0.2) is 97.2 Å². The van der Waals surface area contributed by atoms with Crippen LogP contribution in [-0.4, -0.2) is 41.9 Å². The zero-order valence-electron chi connectivity index (χ0n) is 31.5. The highest BCUT2D eigenvalue weighted by Crippen LogP contribution is 2.12. The Hall–Kier alpha value is -2.74. The Balaban J connectivity index is 4.18. The molecule has 1 amide bonds. The maximum absolute atomic E-state index is 12.5. The number of aliphatic hydroxyl groups excluding tert-OH is 1. The molecule has 0 aromatic heterocycles. The maximum atomic E-state index is 12.5. The molecule has 0 bridgehead atoms. The Morgan fingerprint density at radius 1 is 0.560 bits per heavy atom. The average Bonchev–Trinajstić information content (AvgIpc) is 3.08. The van der Waals surface area contributed by atoms with Crippen molar-refractivity contribution in [3.05, 3.63) is 97.2 Å². The van der Waals surface area contributed by atoms with Crippen LogP contribution in [0.3, 0.4) is 0 Å². The first-order valence-corrected chi connectivity index (χ1v) is 21.0. The van der Waals surface area contributed by atoms with E-state index in [1.54, 1.807) is 6.08 Å². The van der Waals surface area contributed by atoms with Crippen LogP contribution in [0, 0.1) is 0 Å². The predicted molar refractivity (Wildman–Crippen MR) is 216 cm³/mol. The fourth-order valence-corrected chi connectivity index (χ4v) is 5.87. The van der Waals surface area contributed by atoms with E-state index in [1.807, 2.05) is 12.2 Å². The van der Waals surface area contributed by atoms with Crippen LogP contribution >= 0.6 is 0 Å². The molecule has 2 atom stereocenters. The molecular formula is C43H71NO5S. The topological polar surface area (TPSA) is 104 Å². The number of allylic oxidation sites excluding steroid dienone is 15. The van der Waals surface area contributed by atoms with Crippen LogP contribution in [0.1, 0.15) is 149 Å². The zero-order chi connectivity index (χ0) is 36.8. The summed E-state index contributed by atoms with van der Waals surface area (Å²) in [4.78, 5) is 12.5. The van der Waals surface area contributed by atoms with E-state index in [0.29, 0.717) is 12.8 Å². The Morgan fingerprint density at radius 3 is 1.48 bits per heavy atom. The molecule has 0 aromatic carbocycles. The quantitative estimate of drug-likeness (QED) is 0.0357. The van der Waals surface area contributed by atoms with Crippen molar-refractivity contribution in [2.45, 2.75) is 161 Å². The van der Waals surface area contributed by atoms with E-state index in [-0.39, 0.29) is 12.3 Å². The van der Waals surface area contributed by atoms with Crippen LogP contribution < -0.4 is 5.32 Å². The van der Waals surface area contributed by atoms with Gasteiger partial charge in [-0.1, -0.05) is 169 Å². The highest BCUT2D eigenvalue weighted by molar-refractivity contribution is 7.85. The minimum absolute atomic E-state index is 0.157. The normalized spacial score (nSPS) is 14.4. The lowest BCUT2D eigenvalue weighted by Gasteiger charge is -2.20. The first-order chi connectivity index (χ1) is 24.3. The molecule has 50 heavy (non-hydrogen) atoms. The summed E-state index contributed by atoms with van der Waals surface area (Å²) in [6.07, 6.45) is 54.0. The van der Waals surface area contributed by atoms with Crippen molar-refractivity contribution in [2.24, 2.45) is 0 Å². The van der Waals surface area contributed by atoms with E-state index in [4.69, 9.17) is 0 Å². The summed E-state index contributed by atoms with van der Waals surface area (Å²) >= 11 is 0. The summed E-state index contributed by atoms with van der Waals surface area (Å²) in [5.74, 6) is -1.12. The molecule has 0 rings (SSSR count). The lowest BCUT2D eigenvalue weighted by atomic mass is 10.1. The third kappa shape index (κ3) is 36.5. The van der Waals surface area contributed by atoms with Crippen LogP contribution in [0.25, 0.3) is 0 Å². The SMILES string of the molecule is CC/C=C\C/C=C\C/C=C\C/C=C\C/C=C\C/C=C\CCC(=O)NC(CS(=O)(=O)O)C(O)/C=C/CC/C=C/CCCCCCCCCCCC. The number of nitrogens with one attached hydrogen (secondary N) is 1. The largest absolute Gasteiger partial charge is 0.387 e. The molecule has 284 valence electrons. The third-order valence-electron chi connectivity index (χ3n) is 8.01. The van der Waals surface area contributed by atoms with E-state index in [0.717, 1.165) is 51.4 Å². The standard InChI is InChI=1S/C43H71NO5S/c1-3-5-7-9-11-13-15-17-19-21-22-23-25-27-29-31-33-35-37-39-43(46)44-41(40-50(47,48)49)42(45)38-36-34-32-30-28-26-24-20-18-16-14-12-10-8-6-4-2/h5,7,11,13,17,19,22-23,27-30,33,35-36,38,41-42,45H,3-4,6,8-10,12,14-16,18,20-21,24-26,31-32,34,37,39-40H2,1-2H3,(H,44,46)(H,47,48,49)/b7-5-,13-11-,19-17-,23-22-,29-27-,30-28+,35-33-,38-36+. The number of carbonyl (C=O) groups is 1. The van der Waals surface area contributed by atoms with Gasteiger partial charge in [0.1, 0.15) is 0 Å².